The summed E-state index contributed by atoms with van der Waals surface area (Å²) in [6.07, 6.45) is 5.02. The van der Waals surface area contributed by atoms with Crippen LogP contribution in [0.25, 0.3) is 11.5 Å². The second-order valence-corrected chi connectivity index (χ2v) is 3.20. The minimum Gasteiger partial charge on any atom is -0.383 e. The van der Waals surface area contributed by atoms with Crippen molar-refractivity contribution in [2.45, 2.75) is 6.54 Å². The van der Waals surface area contributed by atoms with Crippen LogP contribution in [0, 0.1) is 0 Å². The molecule has 0 atom stereocenters. The Morgan fingerprint density at radius 2 is 2.20 bits per heavy atom. The van der Waals surface area contributed by atoms with Crippen LogP contribution < -0.4 is 11.5 Å². The van der Waals surface area contributed by atoms with Gasteiger partial charge < -0.3 is 16.0 Å². The van der Waals surface area contributed by atoms with Gasteiger partial charge in [0.2, 0.25) is 0 Å². The van der Waals surface area contributed by atoms with Gasteiger partial charge in [0.25, 0.3) is 0 Å². The number of hydrogen-bond donors (Lipinski definition) is 2. The first-order valence-corrected chi connectivity index (χ1v) is 4.50. The number of imidazole rings is 1. The first-order valence-electron chi connectivity index (χ1n) is 4.50. The largest absolute Gasteiger partial charge is 0.383 e. The summed E-state index contributed by atoms with van der Waals surface area (Å²) in [4.78, 5) is 12.3. The minimum absolute atomic E-state index is 0.345. The fourth-order valence-electron chi connectivity index (χ4n) is 1.27. The Hall–Kier alpha value is -1.95. The van der Waals surface area contributed by atoms with Crippen molar-refractivity contribution in [3.63, 3.8) is 0 Å². The monoisotopic (exact) mass is 204 g/mol. The van der Waals surface area contributed by atoms with Gasteiger partial charge in [0.1, 0.15) is 11.5 Å². The van der Waals surface area contributed by atoms with Crippen molar-refractivity contribution in [2.75, 3.05) is 5.73 Å². The molecule has 0 unspecified atom stereocenters. The third-order valence-corrected chi connectivity index (χ3v) is 2.16. The van der Waals surface area contributed by atoms with E-state index in [0.29, 0.717) is 18.2 Å². The Kier molecular flexibility index (Phi) is 2.34. The third kappa shape index (κ3) is 1.66. The Labute approximate surface area is 87.0 Å². The highest BCUT2D eigenvalue weighted by atomic mass is 15.1. The molecule has 4 N–H and O–H groups in total. The Morgan fingerprint density at radius 3 is 2.73 bits per heavy atom. The summed E-state index contributed by atoms with van der Waals surface area (Å²) < 4.78 is 1.83. The van der Waals surface area contributed by atoms with E-state index in [0.717, 1.165) is 11.3 Å². The lowest BCUT2D eigenvalue weighted by atomic mass is 10.3. The standard InChI is InChI=1S/C9H12N6/c1-15-5-12-4-7(15)9-13-3-6(2-10)8(11)14-9/h3-5H,2,10H2,1H3,(H2,11,13,14). The summed E-state index contributed by atoms with van der Waals surface area (Å²) >= 11 is 0. The Bertz CT molecular complexity index is 475. The molecule has 0 aromatic carbocycles. The predicted molar refractivity (Wildman–Crippen MR) is 56.5 cm³/mol. The van der Waals surface area contributed by atoms with Crippen LogP contribution in [0.4, 0.5) is 5.82 Å². The van der Waals surface area contributed by atoms with Gasteiger partial charge >= 0.3 is 0 Å². The second kappa shape index (κ2) is 3.66. The average molecular weight is 204 g/mol. The van der Waals surface area contributed by atoms with Crippen LogP contribution in [0.3, 0.4) is 0 Å². The van der Waals surface area contributed by atoms with E-state index in [9.17, 15) is 0 Å². The summed E-state index contributed by atoms with van der Waals surface area (Å²) in [7, 11) is 1.87. The van der Waals surface area contributed by atoms with Crippen LogP contribution in [0.1, 0.15) is 5.56 Å². The summed E-state index contributed by atoms with van der Waals surface area (Å²) in [6.45, 7) is 0.345. The maximum atomic E-state index is 5.73. The van der Waals surface area contributed by atoms with Gasteiger partial charge in [-0.15, -0.1) is 0 Å². The molecule has 0 amide bonds. The molecule has 2 heterocycles. The highest BCUT2D eigenvalue weighted by Gasteiger charge is 2.07. The lowest BCUT2D eigenvalue weighted by molar-refractivity contribution is 0.905. The normalized spacial score (nSPS) is 10.5. The average Bonchev–Trinajstić information content (AvgIpc) is 2.64. The van der Waals surface area contributed by atoms with E-state index in [1.807, 2.05) is 11.6 Å². The molecule has 6 nitrogen and oxygen atoms in total. The van der Waals surface area contributed by atoms with E-state index in [1.54, 1.807) is 18.7 Å². The minimum atomic E-state index is 0.345. The van der Waals surface area contributed by atoms with Crippen molar-refractivity contribution in [1.29, 1.82) is 0 Å². The van der Waals surface area contributed by atoms with Crippen LogP contribution >= 0.6 is 0 Å². The van der Waals surface area contributed by atoms with Crippen LogP contribution in [-0.4, -0.2) is 19.5 Å². The van der Waals surface area contributed by atoms with Crippen LogP contribution in [0.2, 0.25) is 0 Å². The number of aromatic nitrogens is 4. The summed E-state index contributed by atoms with van der Waals surface area (Å²) in [5.74, 6) is 0.980. The number of rotatable bonds is 2. The lowest BCUT2D eigenvalue weighted by Gasteiger charge is -2.04. The van der Waals surface area contributed by atoms with Crippen molar-refractivity contribution in [2.24, 2.45) is 12.8 Å². The summed E-state index contributed by atoms with van der Waals surface area (Å²) in [5.41, 5.74) is 12.8. The number of anilines is 1. The SMILES string of the molecule is Cn1cncc1-c1ncc(CN)c(N)n1. The zero-order valence-electron chi connectivity index (χ0n) is 8.38. The first-order chi connectivity index (χ1) is 7.22. The fourth-order valence-corrected chi connectivity index (χ4v) is 1.27. The zero-order chi connectivity index (χ0) is 10.8. The molecule has 0 saturated carbocycles. The molecule has 2 aromatic heterocycles. The zero-order valence-corrected chi connectivity index (χ0v) is 8.38. The Morgan fingerprint density at radius 1 is 1.40 bits per heavy atom. The van der Waals surface area contributed by atoms with Crippen molar-refractivity contribution in [1.82, 2.24) is 19.5 Å². The maximum absolute atomic E-state index is 5.73. The molecule has 0 spiro atoms. The molecule has 0 radical (unpaired) electrons. The third-order valence-electron chi connectivity index (χ3n) is 2.16. The topological polar surface area (TPSA) is 95.6 Å². The molecular formula is C9H12N6. The summed E-state index contributed by atoms with van der Waals surface area (Å²) in [5, 5.41) is 0. The van der Waals surface area contributed by atoms with E-state index in [4.69, 9.17) is 11.5 Å². The van der Waals surface area contributed by atoms with Crippen molar-refractivity contribution >= 4 is 5.82 Å². The highest BCUT2D eigenvalue weighted by Crippen LogP contribution is 2.15. The molecule has 0 bridgehead atoms. The molecule has 0 aliphatic heterocycles. The van der Waals surface area contributed by atoms with Gasteiger partial charge in [0, 0.05) is 25.4 Å². The van der Waals surface area contributed by atoms with Gasteiger partial charge in [0.15, 0.2) is 5.82 Å². The number of aryl methyl sites for hydroxylation is 1. The predicted octanol–water partition coefficient (Wildman–Crippen LogP) is -0.0820. The summed E-state index contributed by atoms with van der Waals surface area (Å²) in [6, 6.07) is 0. The van der Waals surface area contributed by atoms with E-state index in [2.05, 4.69) is 15.0 Å². The quantitative estimate of drug-likeness (QED) is 0.713. The van der Waals surface area contributed by atoms with Gasteiger partial charge in [-0.05, 0) is 0 Å². The molecule has 6 heteroatoms. The van der Waals surface area contributed by atoms with Crippen LogP contribution in [0.15, 0.2) is 18.7 Å². The van der Waals surface area contributed by atoms with Crippen LogP contribution in [-0.2, 0) is 13.6 Å². The number of nitrogens with zero attached hydrogens (tertiary/aromatic N) is 4. The van der Waals surface area contributed by atoms with E-state index >= 15 is 0 Å². The maximum Gasteiger partial charge on any atom is 0.179 e. The lowest BCUT2D eigenvalue weighted by Crippen LogP contribution is -2.06. The highest BCUT2D eigenvalue weighted by molar-refractivity contribution is 5.52. The number of hydrogen-bond acceptors (Lipinski definition) is 5. The van der Waals surface area contributed by atoms with Gasteiger partial charge in [-0.1, -0.05) is 0 Å². The molecule has 0 saturated heterocycles. The van der Waals surface area contributed by atoms with E-state index < -0.39 is 0 Å². The molecule has 2 rings (SSSR count). The van der Waals surface area contributed by atoms with Gasteiger partial charge in [0.05, 0.1) is 12.5 Å². The molecule has 0 aliphatic rings. The van der Waals surface area contributed by atoms with Crippen LogP contribution in [0.5, 0.6) is 0 Å². The number of nitrogen functional groups attached to an aromatic ring is 1. The molecule has 0 fully saturated rings. The smallest absolute Gasteiger partial charge is 0.179 e. The Balaban J connectivity index is 2.47. The first kappa shape index (κ1) is 9.60. The van der Waals surface area contributed by atoms with Crippen molar-refractivity contribution < 1.29 is 0 Å². The van der Waals surface area contributed by atoms with E-state index in [-0.39, 0.29) is 0 Å². The van der Waals surface area contributed by atoms with E-state index in [1.165, 1.54) is 0 Å². The van der Waals surface area contributed by atoms with Crippen molar-refractivity contribution in [3.05, 3.63) is 24.3 Å². The molecule has 78 valence electrons. The van der Waals surface area contributed by atoms with Crippen molar-refractivity contribution in [3.8, 4) is 11.5 Å². The van der Waals surface area contributed by atoms with Gasteiger partial charge in [-0.2, -0.15) is 0 Å². The second-order valence-electron chi connectivity index (χ2n) is 3.20. The fraction of sp³-hybridized carbons (Fsp3) is 0.222. The molecule has 0 aliphatic carbocycles. The van der Waals surface area contributed by atoms with Gasteiger partial charge in [-0.25, -0.2) is 15.0 Å². The molecule has 2 aromatic rings. The molecule has 15 heavy (non-hydrogen) atoms. The van der Waals surface area contributed by atoms with Gasteiger partial charge in [-0.3, -0.25) is 0 Å². The molecular weight excluding hydrogens is 192 g/mol. The number of nitrogens with two attached hydrogens (primary N) is 2.